The van der Waals surface area contributed by atoms with E-state index in [1.54, 1.807) is 0 Å². The smallest absolute Gasteiger partial charge is 0.255 e. The second kappa shape index (κ2) is 12.0. The Balaban J connectivity index is 1.04. The number of benzene rings is 4. The van der Waals surface area contributed by atoms with E-state index >= 15 is 0 Å². The zero-order valence-electron chi connectivity index (χ0n) is 23.7. The number of hydrogen-bond acceptors (Lipinski definition) is 3. The first-order chi connectivity index (χ1) is 20.1. The van der Waals surface area contributed by atoms with Gasteiger partial charge in [-0.05, 0) is 77.1 Å². The Morgan fingerprint density at radius 2 is 1.34 bits per heavy atom. The number of carbonyl (C=O) groups is 2. The summed E-state index contributed by atoms with van der Waals surface area (Å²) in [6, 6.07) is 32.5. The highest BCUT2D eigenvalue weighted by Gasteiger charge is 2.36. The standard InChI is InChI=1S/C36H37N3O2/c1-2-3-4-9-26-14-16-27(17-15-26)35(40)37-28-18-20-29(21-19-28)38-22-24-39(25-23-38)36(41)34-32-12-7-5-10-30(32)31-11-6-8-13-33(31)34/h5-8,10-21,34H,2-4,9,22-25H2,1H3,(H,37,40). The second-order valence-electron chi connectivity index (χ2n) is 11.1. The molecule has 2 aliphatic rings. The van der Waals surface area contributed by atoms with Gasteiger partial charge in [-0.1, -0.05) is 80.4 Å². The molecule has 1 aliphatic carbocycles. The minimum absolute atomic E-state index is 0.0972. The van der Waals surface area contributed by atoms with Crippen molar-refractivity contribution in [2.75, 3.05) is 36.4 Å². The summed E-state index contributed by atoms with van der Waals surface area (Å²) in [5.41, 5.74) is 8.39. The molecule has 0 spiro atoms. The lowest BCUT2D eigenvalue weighted by Gasteiger charge is -2.37. The van der Waals surface area contributed by atoms with Crippen LogP contribution in [0.4, 0.5) is 11.4 Å². The molecular weight excluding hydrogens is 506 g/mol. The Labute approximate surface area is 242 Å². The summed E-state index contributed by atoms with van der Waals surface area (Å²) in [5, 5.41) is 3.02. The van der Waals surface area contributed by atoms with Gasteiger partial charge in [-0.2, -0.15) is 0 Å². The molecule has 0 aromatic heterocycles. The molecule has 4 aromatic rings. The zero-order chi connectivity index (χ0) is 28.2. The summed E-state index contributed by atoms with van der Waals surface area (Å²) in [4.78, 5) is 30.9. The summed E-state index contributed by atoms with van der Waals surface area (Å²) in [5.74, 6) is -0.136. The van der Waals surface area contributed by atoms with Crippen LogP contribution in [0.25, 0.3) is 11.1 Å². The van der Waals surface area contributed by atoms with Crippen molar-refractivity contribution in [3.8, 4) is 11.1 Å². The second-order valence-corrected chi connectivity index (χ2v) is 11.1. The Morgan fingerprint density at radius 3 is 1.95 bits per heavy atom. The van der Waals surface area contributed by atoms with E-state index in [0.29, 0.717) is 18.7 Å². The average molecular weight is 544 g/mol. The number of nitrogens with one attached hydrogen (secondary N) is 1. The fourth-order valence-electron chi connectivity index (χ4n) is 6.15. The third-order valence-corrected chi connectivity index (χ3v) is 8.45. The van der Waals surface area contributed by atoms with Gasteiger partial charge in [-0.25, -0.2) is 0 Å². The minimum atomic E-state index is -0.228. The fraction of sp³-hybridized carbons (Fsp3) is 0.278. The number of anilines is 2. The van der Waals surface area contributed by atoms with Crippen LogP contribution in [0.3, 0.4) is 0 Å². The first-order valence-corrected chi connectivity index (χ1v) is 14.8. The molecule has 0 unspecified atom stereocenters. The van der Waals surface area contributed by atoms with Gasteiger partial charge in [0.05, 0.1) is 5.92 Å². The zero-order valence-corrected chi connectivity index (χ0v) is 23.7. The van der Waals surface area contributed by atoms with E-state index in [-0.39, 0.29) is 17.7 Å². The molecule has 4 aromatic carbocycles. The SMILES string of the molecule is CCCCCc1ccc(C(=O)Nc2ccc(N3CCN(C(=O)C4c5ccccc5-c5ccccc54)CC3)cc2)cc1. The Morgan fingerprint density at radius 1 is 0.732 bits per heavy atom. The molecule has 41 heavy (non-hydrogen) atoms. The van der Waals surface area contributed by atoms with E-state index in [1.165, 1.54) is 36.0 Å². The van der Waals surface area contributed by atoms with Crippen LogP contribution in [0, 0.1) is 0 Å². The van der Waals surface area contributed by atoms with Crippen LogP contribution >= 0.6 is 0 Å². The van der Waals surface area contributed by atoms with Gasteiger partial charge in [-0.15, -0.1) is 0 Å². The molecule has 0 bridgehead atoms. The quantitative estimate of drug-likeness (QED) is 0.241. The largest absolute Gasteiger partial charge is 0.368 e. The molecule has 0 radical (unpaired) electrons. The van der Waals surface area contributed by atoms with Crippen molar-refractivity contribution in [2.45, 2.75) is 38.5 Å². The minimum Gasteiger partial charge on any atom is -0.368 e. The molecule has 0 atom stereocenters. The Hall–Kier alpha value is -4.38. The Bertz CT molecular complexity index is 1470. The fourth-order valence-corrected chi connectivity index (χ4v) is 6.15. The molecular formula is C36H37N3O2. The summed E-state index contributed by atoms with van der Waals surface area (Å²) in [7, 11) is 0. The monoisotopic (exact) mass is 543 g/mol. The molecule has 1 N–H and O–H groups in total. The van der Waals surface area contributed by atoms with Gasteiger partial charge in [0, 0.05) is 43.1 Å². The van der Waals surface area contributed by atoms with Crippen LogP contribution in [0.2, 0.25) is 0 Å². The number of amides is 2. The van der Waals surface area contributed by atoms with Gasteiger partial charge in [-0.3, -0.25) is 9.59 Å². The molecule has 1 saturated heterocycles. The van der Waals surface area contributed by atoms with E-state index in [4.69, 9.17) is 0 Å². The van der Waals surface area contributed by atoms with Crippen LogP contribution in [0.1, 0.15) is 59.2 Å². The maximum Gasteiger partial charge on any atom is 0.255 e. The molecule has 6 rings (SSSR count). The number of piperazine rings is 1. The summed E-state index contributed by atoms with van der Waals surface area (Å²) < 4.78 is 0. The van der Waals surface area contributed by atoms with Crippen molar-refractivity contribution >= 4 is 23.2 Å². The van der Waals surface area contributed by atoms with Crippen molar-refractivity contribution in [1.29, 1.82) is 0 Å². The number of carbonyl (C=O) groups excluding carboxylic acids is 2. The van der Waals surface area contributed by atoms with Crippen molar-refractivity contribution in [3.05, 3.63) is 119 Å². The van der Waals surface area contributed by atoms with Crippen molar-refractivity contribution in [3.63, 3.8) is 0 Å². The predicted molar refractivity (Wildman–Crippen MR) is 167 cm³/mol. The Kier molecular flexibility index (Phi) is 7.86. The highest BCUT2D eigenvalue weighted by Crippen LogP contribution is 2.45. The van der Waals surface area contributed by atoms with Gasteiger partial charge >= 0.3 is 0 Å². The molecule has 208 valence electrons. The van der Waals surface area contributed by atoms with Gasteiger partial charge in [0.2, 0.25) is 5.91 Å². The van der Waals surface area contributed by atoms with E-state index in [9.17, 15) is 9.59 Å². The summed E-state index contributed by atoms with van der Waals surface area (Å²) in [6.45, 7) is 5.13. The molecule has 1 aliphatic heterocycles. The molecule has 0 saturated carbocycles. The van der Waals surface area contributed by atoms with Gasteiger partial charge in [0.25, 0.3) is 5.91 Å². The number of unbranched alkanes of at least 4 members (excludes halogenated alkanes) is 2. The maximum absolute atomic E-state index is 13.8. The first-order valence-electron chi connectivity index (χ1n) is 14.8. The highest BCUT2D eigenvalue weighted by molar-refractivity contribution is 6.04. The van der Waals surface area contributed by atoms with Crippen LogP contribution in [0.15, 0.2) is 97.1 Å². The normalized spacial score (nSPS) is 14.5. The highest BCUT2D eigenvalue weighted by atomic mass is 16.2. The predicted octanol–water partition coefficient (Wildman–Crippen LogP) is 7.13. The van der Waals surface area contributed by atoms with Crippen LogP contribution in [0.5, 0.6) is 0 Å². The number of hydrogen-bond donors (Lipinski definition) is 1. The number of fused-ring (bicyclic) bond motifs is 3. The molecule has 5 heteroatoms. The van der Waals surface area contributed by atoms with E-state index in [1.807, 2.05) is 65.6 Å². The summed E-state index contributed by atoms with van der Waals surface area (Å²) >= 11 is 0. The van der Waals surface area contributed by atoms with Crippen molar-refractivity contribution in [2.24, 2.45) is 0 Å². The van der Waals surface area contributed by atoms with Crippen LogP contribution < -0.4 is 10.2 Å². The molecule has 2 amide bonds. The van der Waals surface area contributed by atoms with Crippen molar-refractivity contribution in [1.82, 2.24) is 4.90 Å². The average Bonchev–Trinajstić information content (AvgIpc) is 3.36. The lowest BCUT2D eigenvalue weighted by Crippen LogP contribution is -2.50. The van der Waals surface area contributed by atoms with Gasteiger partial charge in [0.1, 0.15) is 0 Å². The first kappa shape index (κ1) is 26.8. The third kappa shape index (κ3) is 5.62. The van der Waals surface area contributed by atoms with Gasteiger partial charge in [0.15, 0.2) is 0 Å². The van der Waals surface area contributed by atoms with E-state index in [2.05, 4.69) is 53.5 Å². The lowest BCUT2D eigenvalue weighted by atomic mass is 9.95. The number of nitrogens with zero attached hydrogens (tertiary/aromatic N) is 2. The van der Waals surface area contributed by atoms with Gasteiger partial charge < -0.3 is 15.1 Å². The molecule has 1 heterocycles. The summed E-state index contributed by atoms with van der Waals surface area (Å²) in [6.07, 6.45) is 4.68. The number of aryl methyl sites for hydroxylation is 1. The number of rotatable bonds is 8. The topological polar surface area (TPSA) is 52.7 Å². The van der Waals surface area contributed by atoms with Crippen LogP contribution in [-0.2, 0) is 11.2 Å². The van der Waals surface area contributed by atoms with E-state index < -0.39 is 0 Å². The van der Waals surface area contributed by atoms with E-state index in [0.717, 1.165) is 42.0 Å². The molecule has 5 nitrogen and oxygen atoms in total. The molecule has 1 fully saturated rings. The lowest BCUT2D eigenvalue weighted by molar-refractivity contribution is -0.132. The third-order valence-electron chi connectivity index (χ3n) is 8.45. The van der Waals surface area contributed by atoms with Crippen molar-refractivity contribution < 1.29 is 9.59 Å². The van der Waals surface area contributed by atoms with Crippen LogP contribution in [-0.4, -0.2) is 42.9 Å². The maximum atomic E-state index is 13.8.